The minimum Gasteiger partial charge on any atom is -0.247 e. The number of aromatic nitrogens is 3. The molecule has 1 aromatic heterocycles. The normalized spacial score (nSPS) is 13.2. The SMILES string of the molecule is CC.CC(S)Cn1c(=O)n(CCS)c(=O)n(CC(C)S)c1=O. The molecule has 0 saturated heterocycles. The van der Waals surface area contributed by atoms with Gasteiger partial charge in [0.1, 0.15) is 0 Å². The molecule has 128 valence electrons. The van der Waals surface area contributed by atoms with E-state index in [0.29, 0.717) is 5.75 Å². The average Bonchev–Trinajstić information content (AvgIpc) is 2.46. The number of hydrogen-bond donors (Lipinski definition) is 3. The zero-order chi connectivity index (χ0) is 17.4. The second-order valence-corrected chi connectivity index (χ2v) is 6.85. The Labute approximate surface area is 146 Å². The van der Waals surface area contributed by atoms with Crippen molar-refractivity contribution in [3.8, 4) is 0 Å². The van der Waals surface area contributed by atoms with Crippen LogP contribution in [0.5, 0.6) is 0 Å². The molecule has 0 radical (unpaired) electrons. The van der Waals surface area contributed by atoms with Gasteiger partial charge in [0.25, 0.3) is 0 Å². The van der Waals surface area contributed by atoms with Crippen molar-refractivity contribution in [1.82, 2.24) is 13.7 Å². The Bertz CT molecular complexity index is 584. The van der Waals surface area contributed by atoms with E-state index in [0.717, 1.165) is 13.7 Å². The highest BCUT2D eigenvalue weighted by Gasteiger charge is 2.16. The van der Waals surface area contributed by atoms with Gasteiger partial charge in [-0.05, 0) is 0 Å². The van der Waals surface area contributed by atoms with Crippen molar-refractivity contribution < 1.29 is 0 Å². The summed E-state index contributed by atoms with van der Waals surface area (Å²) in [4.78, 5) is 36.7. The maximum absolute atomic E-state index is 12.3. The Morgan fingerprint density at radius 1 is 0.818 bits per heavy atom. The van der Waals surface area contributed by atoms with E-state index in [4.69, 9.17) is 0 Å². The van der Waals surface area contributed by atoms with Crippen LogP contribution >= 0.6 is 37.9 Å². The van der Waals surface area contributed by atoms with Crippen LogP contribution in [-0.4, -0.2) is 30.0 Å². The van der Waals surface area contributed by atoms with E-state index < -0.39 is 17.1 Å². The Hall–Kier alpha value is -0.540. The van der Waals surface area contributed by atoms with Gasteiger partial charge < -0.3 is 0 Å². The number of hydrogen-bond acceptors (Lipinski definition) is 6. The predicted octanol–water partition coefficient (Wildman–Crippen LogP) is 0.764. The van der Waals surface area contributed by atoms with Gasteiger partial charge >= 0.3 is 17.1 Å². The van der Waals surface area contributed by atoms with E-state index in [-0.39, 0.29) is 30.1 Å². The molecule has 0 saturated carbocycles. The molecule has 0 N–H and O–H groups in total. The van der Waals surface area contributed by atoms with Crippen molar-refractivity contribution in [2.75, 3.05) is 5.75 Å². The third-order valence-corrected chi connectivity index (χ3v) is 3.13. The lowest BCUT2D eigenvalue weighted by Crippen LogP contribution is -2.55. The van der Waals surface area contributed by atoms with E-state index in [9.17, 15) is 14.4 Å². The summed E-state index contributed by atoms with van der Waals surface area (Å²) in [6.07, 6.45) is 0. The summed E-state index contributed by atoms with van der Waals surface area (Å²) in [7, 11) is 0. The van der Waals surface area contributed by atoms with Gasteiger partial charge in [0, 0.05) is 35.9 Å². The molecule has 0 amide bonds. The minimum absolute atomic E-state index is 0.147. The summed E-state index contributed by atoms with van der Waals surface area (Å²) in [5, 5.41) is -0.353. The topological polar surface area (TPSA) is 66.0 Å². The van der Waals surface area contributed by atoms with Gasteiger partial charge in [-0.2, -0.15) is 37.9 Å². The zero-order valence-electron chi connectivity index (χ0n) is 13.4. The molecule has 22 heavy (non-hydrogen) atoms. The van der Waals surface area contributed by atoms with Gasteiger partial charge in [-0.1, -0.05) is 27.7 Å². The quantitative estimate of drug-likeness (QED) is 0.651. The molecular weight excluding hydrogens is 342 g/mol. The first-order valence-electron chi connectivity index (χ1n) is 7.21. The highest BCUT2D eigenvalue weighted by atomic mass is 32.1. The van der Waals surface area contributed by atoms with Gasteiger partial charge in [0.05, 0.1) is 0 Å². The van der Waals surface area contributed by atoms with E-state index in [2.05, 4.69) is 37.9 Å². The summed E-state index contributed by atoms with van der Waals surface area (Å²) in [5.74, 6) is 0.334. The third-order valence-electron chi connectivity index (χ3n) is 2.60. The Balaban J connectivity index is 0.00000211. The summed E-state index contributed by atoms with van der Waals surface area (Å²) in [6, 6.07) is 0. The molecule has 0 aliphatic carbocycles. The minimum atomic E-state index is -0.614. The Kier molecular flexibility index (Phi) is 10.0. The van der Waals surface area contributed by atoms with Gasteiger partial charge in [-0.3, -0.25) is 0 Å². The fraction of sp³-hybridized carbons (Fsp3) is 0.769. The van der Waals surface area contributed by atoms with E-state index >= 15 is 0 Å². The zero-order valence-corrected chi connectivity index (χ0v) is 16.1. The van der Waals surface area contributed by atoms with E-state index in [1.165, 1.54) is 0 Å². The Morgan fingerprint density at radius 3 is 1.41 bits per heavy atom. The maximum Gasteiger partial charge on any atom is 0.336 e. The Morgan fingerprint density at radius 2 is 1.14 bits per heavy atom. The molecule has 0 fully saturated rings. The molecule has 6 nitrogen and oxygen atoms in total. The van der Waals surface area contributed by atoms with E-state index in [1.807, 2.05) is 13.8 Å². The van der Waals surface area contributed by atoms with Gasteiger partial charge in [-0.25, -0.2) is 28.1 Å². The first kappa shape index (κ1) is 21.5. The van der Waals surface area contributed by atoms with Crippen molar-refractivity contribution in [2.24, 2.45) is 0 Å². The number of rotatable bonds is 6. The molecule has 1 rings (SSSR count). The fourth-order valence-corrected chi connectivity index (χ4v) is 2.34. The number of nitrogens with zero attached hydrogens (tertiary/aromatic N) is 3. The molecule has 1 aromatic rings. The second kappa shape index (κ2) is 10.3. The molecule has 0 aliphatic heterocycles. The van der Waals surface area contributed by atoms with Crippen LogP contribution < -0.4 is 17.1 Å². The molecule has 1 heterocycles. The van der Waals surface area contributed by atoms with Crippen LogP contribution in [0.4, 0.5) is 0 Å². The van der Waals surface area contributed by atoms with Crippen molar-refractivity contribution >= 4 is 37.9 Å². The first-order valence-corrected chi connectivity index (χ1v) is 8.87. The van der Waals surface area contributed by atoms with Crippen LogP contribution in [-0.2, 0) is 19.6 Å². The first-order chi connectivity index (χ1) is 10.3. The van der Waals surface area contributed by atoms with Gasteiger partial charge in [0.2, 0.25) is 0 Å². The second-order valence-electron chi connectivity index (χ2n) is 4.64. The molecule has 9 heteroatoms. The standard InChI is InChI=1S/C11H19N3O3S3.C2H6/c1-7(19)5-13-9(15)12(3-4-18)10(16)14(11(13)17)6-8(2)20;1-2/h7-8,18-20H,3-6H2,1-2H3;1-2H3. The van der Waals surface area contributed by atoms with Crippen LogP contribution in [0.15, 0.2) is 14.4 Å². The average molecular weight is 368 g/mol. The summed E-state index contributed by atoms with van der Waals surface area (Å²) in [6.45, 7) is 8.00. The highest BCUT2D eigenvalue weighted by Crippen LogP contribution is 1.95. The predicted molar refractivity (Wildman–Crippen MR) is 101 cm³/mol. The summed E-state index contributed by atoms with van der Waals surface area (Å²) < 4.78 is 3.11. The third kappa shape index (κ3) is 5.58. The van der Waals surface area contributed by atoms with Crippen LogP contribution in [0, 0.1) is 0 Å². The van der Waals surface area contributed by atoms with Crippen LogP contribution in [0.1, 0.15) is 27.7 Å². The molecule has 0 spiro atoms. The summed E-state index contributed by atoms with van der Waals surface area (Å²) >= 11 is 12.4. The molecule has 2 atom stereocenters. The molecule has 0 aromatic carbocycles. The molecule has 0 bridgehead atoms. The van der Waals surface area contributed by atoms with Crippen LogP contribution in [0.25, 0.3) is 0 Å². The largest absolute Gasteiger partial charge is 0.336 e. The lowest BCUT2D eigenvalue weighted by atomic mass is 10.4. The molecule has 2 unspecified atom stereocenters. The van der Waals surface area contributed by atoms with Gasteiger partial charge in [-0.15, -0.1) is 0 Å². The molecule has 0 aliphatic rings. The lowest BCUT2D eigenvalue weighted by Gasteiger charge is -2.15. The maximum atomic E-state index is 12.3. The number of thiol groups is 3. The summed E-state index contributed by atoms with van der Waals surface area (Å²) in [5.41, 5.74) is -1.84. The van der Waals surface area contributed by atoms with Crippen molar-refractivity contribution in [2.45, 2.75) is 57.8 Å². The smallest absolute Gasteiger partial charge is 0.247 e. The fourth-order valence-electron chi connectivity index (χ4n) is 1.81. The van der Waals surface area contributed by atoms with Gasteiger partial charge in [0.15, 0.2) is 0 Å². The van der Waals surface area contributed by atoms with Crippen molar-refractivity contribution in [3.05, 3.63) is 31.5 Å². The van der Waals surface area contributed by atoms with Crippen molar-refractivity contribution in [1.29, 1.82) is 0 Å². The van der Waals surface area contributed by atoms with Crippen molar-refractivity contribution in [3.63, 3.8) is 0 Å². The van der Waals surface area contributed by atoms with Crippen LogP contribution in [0.3, 0.4) is 0 Å². The molecular formula is C13H25N3O3S3. The monoisotopic (exact) mass is 367 g/mol. The highest BCUT2D eigenvalue weighted by molar-refractivity contribution is 7.81. The van der Waals surface area contributed by atoms with E-state index in [1.54, 1.807) is 13.8 Å². The lowest BCUT2D eigenvalue weighted by molar-refractivity contribution is 0.455. The van der Waals surface area contributed by atoms with Crippen LogP contribution in [0.2, 0.25) is 0 Å².